The van der Waals surface area contributed by atoms with E-state index in [1.165, 1.54) is 5.56 Å². The molecular formula is C22H24N6O. The molecule has 7 nitrogen and oxygen atoms in total. The van der Waals surface area contributed by atoms with Gasteiger partial charge in [-0.05, 0) is 44.9 Å². The monoisotopic (exact) mass is 388 g/mol. The third-order valence-corrected chi connectivity index (χ3v) is 5.01. The molecule has 1 N–H and O–H groups in total. The average molecular weight is 388 g/mol. The van der Waals surface area contributed by atoms with Crippen LogP contribution in [0.25, 0.3) is 22.2 Å². The normalized spacial score (nSPS) is 11.2. The van der Waals surface area contributed by atoms with Crippen LogP contribution in [0.3, 0.4) is 0 Å². The Labute approximate surface area is 169 Å². The van der Waals surface area contributed by atoms with E-state index in [-0.39, 0.29) is 12.5 Å². The Kier molecular flexibility index (Phi) is 4.88. The predicted octanol–water partition coefficient (Wildman–Crippen LogP) is 3.88. The van der Waals surface area contributed by atoms with E-state index in [0.717, 1.165) is 34.4 Å². The SMILES string of the molecule is CCn1nc(NC(=O)Cn2nc(C)c3c(-c4ccc(C)cc4)ccnc32)cc1C. The summed E-state index contributed by atoms with van der Waals surface area (Å²) in [6, 6.07) is 12.2. The zero-order chi connectivity index (χ0) is 20.5. The smallest absolute Gasteiger partial charge is 0.247 e. The van der Waals surface area contributed by atoms with Gasteiger partial charge in [-0.2, -0.15) is 10.2 Å². The summed E-state index contributed by atoms with van der Waals surface area (Å²) in [6.07, 6.45) is 1.76. The second kappa shape index (κ2) is 7.50. The minimum atomic E-state index is -0.183. The summed E-state index contributed by atoms with van der Waals surface area (Å²) < 4.78 is 3.50. The number of pyridine rings is 1. The zero-order valence-electron chi connectivity index (χ0n) is 17.1. The van der Waals surface area contributed by atoms with Crippen molar-refractivity contribution in [1.29, 1.82) is 0 Å². The Morgan fingerprint density at radius 2 is 1.79 bits per heavy atom. The first-order valence-corrected chi connectivity index (χ1v) is 9.69. The minimum absolute atomic E-state index is 0.0761. The fourth-order valence-electron chi connectivity index (χ4n) is 3.58. The molecule has 3 aromatic heterocycles. The van der Waals surface area contributed by atoms with E-state index in [1.54, 1.807) is 10.9 Å². The van der Waals surface area contributed by atoms with Gasteiger partial charge in [0.05, 0.1) is 5.69 Å². The zero-order valence-corrected chi connectivity index (χ0v) is 17.1. The molecule has 1 aromatic carbocycles. The first-order chi connectivity index (χ1) is 14.0. The lowest BCUT2D eigenvalue weighted by atomic mass is 10.0. The van der Waals surface area contributed by atoms with Crippen molar-refractivity contribution in [2.75, 3.05) is 5.32 Å². The van der Waals surface area contributed by atoms with Gasteiger partial charge in [-0.15, -0.1) is 0 Å². The number of nitrogens with zero attached hydrogens (tertiary/aromatic N) is 5. The molecule has 0 saturated heterocycles. The van der Waals surface area contributed by atoms with E-state index >= 15 is 0 Å². The van der Waals surface area contributed by atoms with Crippen LogP contribution < -0.4 is 5.32 Å². The molecule has 0 aliphatic rings. The van der Waals surface area contributed by atoms with Crippen molar-refractivity contribution in [3.8, 4) is 11.1 Å². The fourth-order valence-corrected chi connectivity index (χ4v) is 3.58. The summed E-state index contributed by atoms with van der Waals surface area (Å²) in [6.45, 7) is 8.83. The van der Waals surface area contributed by atoms with Crippen molar-refractivity contribution >= 4 is 22.8 Å². The number of nitrogens with one attached hydrogen (secondary N) is 1. The van der Waals surface area contributed by atoms with Gasteiger partial charge < -0.3 is 5.32 Å². The quantitative estimate of drug-likeness (QED) is 0.563. The molecule has 0 saturated carbocycles. The number of aromatic nitrogens is 5. The lowest BCUT2D eigenvalue weighted by molar-refractivity contribution is -0.116. The van der Waals surface area contributed by atoms with E-state index < -0.39 is 0 Å². The Morgan fingerprint density at radius 1 is 1.03 bits per heavy atom. The molecule has 0 bridgehead atoms. The summed E-state index contributed by atoms with van der Waals surface area (Å²) in [5.41, 5.74) is 5.94. The van der Waals surface area contributed by atoms with Crippen LogP contribution in [0.4, 0.5) is 5.82 Å². The van der Waals surface area contributed by atoms with Gasteiger partial charge in [0.25, 0.3) is 0 Å². The van der Waals surface area contributed by atoms with Crippen molar-refractivity contribution in [2.45, 2.75) is 40.8 Å². The molecule has 0 aliphatic heterocycles. The van der Waals surface area contributed by atoms with Crippen molar-refractivity contribution in [3.05, 3.63) is 59.5 Å². The Balaban J connectivity index is 1.63. The highest BCUT2D eigenvalue weighted by Crippen LogP contribution is 2.30. The first-order valence-electron chi connectivity index (χ1n) is 9.69. The van der Waals surface area contributed by atoms with Gasteiger partial charge in [0.2, 0.25) is 5.91 Å². The number of rotatable bonds is 5. The maximum absolute atomic E-state index is 12.6. The average Bonchev–Trinajstić information content (AvgIpc) is 3.21. The molecule has 0 atom stereocenters. The number of anilines is 1. The van der Waals surface area contributed by atoms with Crippen molar-refractivity contribution < 1.29 is 4.79 Å². The number of hydrogen-bond acceptors (Lipinski definition) is 4. The van der Waals surface area contributed by atoms with Crippen LogP contribution in [0.5, 0.6) is 0 Å². The third-order valence-electron chi connectivity index (χ3n) is 5.01. The Hall–Kier alpha value is -3.48. The predicted molar refractivity (Wildman–Crippen MR) is 114 cm³/mol. The largest absolute Gasteiger partial charge is 0.308 e. The summed E-state index contributed by atoms with van der Waals surface area (Å²) >= 11 is 0. The molecule has 0 spiro atoms. The van der Waals surface area contributed by atoms with Crippen LogP contribution in [-0.2, 0) is 17.9 Å². The minimum Gasteiger partial charge on any atom is -0.308 e. The maximum Gasteiger partial charge on any atom is 0.247 e. The highest BCUT2D eigenvalue weighted by molar-refractivity contribution is 5.96. The molecule has 0 aliphatic carbocycles. The van der Waals surface area contributed by atoms with Gasteiger partial charge in [0.1, 0.15) is 6.54 Å². The number of carbonyl (C=O) groups is 1. The molecule has 1 amide bonds. The standard InChI is InChI=1S/C22H24N6O/c1-5-27-15(3)12-19(26-27)24-20(29)13-28-22-21(16(4)25-28)18(10-11-23-22)17-8-6-14(2)7-9-17/h6-12H,5,13H2,1-4H3,(H,24,26,29). The van der Waals surface area contributed by atoms with Crippen molar-refractivity contribution in [1.82, 2.24) is 24.5 Å². The number of aryl methyl sites for hydroxylation is 4. The molecular weight excluding hydrogens is 364 g/mol. The number of amides is 1. The maximum atomic E-state index is 12.6. The topological polar surface area (TPSA) is 77.6 Å². The van der Waals surface area contributed by atoms with Crippen LogP contribution >= 0.6 is 0 Å². The first kappa shape index (κ1) is 18.9. The van der Waals surface area contributed by atoms with E-state index in [1.807, 2.05) is 37.6 Å². The van der Waals surface area contributed by atoms with E-state index in [0.29, 0.717) is 11.5 Å². The van der Waals surface area contributed by atoms with Gasteiger partial charge in [-0.25, -0.2) is 9.67 Å². The summed E-state index contributed by atoms with van der Waals surface area (Å²) in [5, 5.41) is 12.8. The van der Waals surface area contributed by atoms with Crippen molar-refractivity contribution in [3.63, 3.8) is 0 Å². The lowest BCUT2D eigenvalue weighted by Crippen LogP contribution is -2.20. The molecule has 148 valence electrons. The van der Waals surface area contributed by atoms with Gasteiger partial charge in [-0.1, -0.05) is 29.8 Å². The van der Waals surface area contributed by atoms with Gasteiger partial charge >= 0.3 is 0 Å². The lowest BCUT2D eigenvalue weighted by Gasteiger charge is -2.06. The van der Waals surface area contributed by atoms with Gasteiger partial charge in [0.15, 0.2) is 11.5 Å². The van der Waals surface area contributed by atoms with Crippen LogP contribution in [0.2, 0.25) is 0 Å². The van der Waals surface area contributed by atoms with Crippen LogP contribution in [-0.4, -0.2) is 30.5 Å². The highest BCUT2D eigenvalue weighted by atomic mass is 16.2. The van der Waals surface area contributed by atoms with Crippen LogP contribution in [0.1, 0.15) is 23.9 Å². The second-order valence-electron chi connectivity index (χ2n) is 7.20. The van der Waals surface area contributed by atoms with E-state index in [9.17, 15) is 4.79 Å². The fraction of sp³-hybridized carbons (Fsp3) is 0.273. The molecule has 4 aromatic rings. The van der Waals surface area contributed by atoms with Crippen molar-refractivity contribution in [2.24, 2.45) is 0 Å². The summed E-state index contributed by atoms with van der Waals surface area (Å²) in [5.74, 6) is 0.369. The number of benzene rings is 1. The summed E-state index contributed by atoms with van der Waals surface area (Å²) in [4.78, 5) is 17.1. The molecule has 4 rings (SSSR count). The molecule has 0 unspecified atom stereocenters. The molecule has 7 heteroatoms. The number of carbonyl (C=O) groups excluding carboxylic acids is 1. The number of hydrogen-bond donors (Lipinski definition) is 1. The summed E-state index contributed by atoms with van der Waals surface area (Å²) in [7, 11) is 0. The third kappa shape index (κ3) is 3.63. The van der Waals surface area contributed by atoms with Gasteiger partial charge in [0, 0.05) is 29.9 Å². The highest BCUT2D eigenvalue weighted by Gasteiger charge is 2.16. The van der Waals surface area contributed by atoms with Crippen LogP contribution in [0, 0.1) is 20.8 Å². The molecule has 3 heterocycles. The molecule has 29 heavy (non-hydrogen) atoms. The molecule has 0 radical (unpaired) electrons. The second-order valence-corrected chi connectivity index (χ2v) is 7.20. The van der Waals surface area contributed by atoms with E-state index in [4.69, 9.17) is 0 Å². The Morgan fingerprint density at radius 3 is 2.48 bits per heavy atom. The Bertz CT molecular complexity index is 1190. The van der Waals surface area contributed by atoms with Crippen LogP contribution in [0.15, 0.2) is 42.6 Å². The van der Waals surface area contributed by atoms with E-state index in [2.05, 4.69) is 51.7 Å². The number of fused-ring (bicyclic) bond motifs is 1. The van der Waals surface area contributed by atoms with Gasteiger partial charge in [-0.3, -0.25) is 9.48 Å². The molecule has 0 fully saturated rings.